The van der Waals surface area contributed by atoms with Crippen LogP contribution in [0.5, 0.6) is 5.75 Å². The van der Waals surface area contributed by atoms with Crippen LogP contribution in [0.3, 0.4) is 0 Å². The fourth-order valence-electron chi connectivity index (χ4n) is 2.38. The van der Waals surface area contributed by atoms with Gasteiger partial charge in [0.2, 0.25) is 5.89 Å². The van der Waals surface area contributed by atoms with Crippen molar-refractivity contribution in [3.63, 3.8) is 0 Å². The number of rotatable bonds is 7. The zero-order valence-electron chi connectivity index (χ0n) is 15.4. The largest absolute Gasteiger partial charge is 0.483 e. The monoisotopic (exact) mass is 401 g/mol. The topological polar surface area (TPSA) is 111 Å². The second-order valence-electron chi connectivity index (χ2n) is 5.94. The van der Waals surface area contributed by atoms with Crippen molar-refractivity contribution in [2.45, 2.75) is 18.7 Å². The molecule has 3 rings (SSSR count). The van der Waals surface area contributed by atoms with Crippen molar-refractivity contribution in [1.29, 1.82) is 0 Å². The molecule has 3 aromatic rings. The van der Waals surface area contributed by atoms with E-state index >= 15 is 0 Å². The number of hydrogen-bond acceptors (Lipinski definition) is 7. The van der Waals surface area contributed by atoms with Crippen LogP contribution < -0.4 is 10.1 Å². The lowest BCUT2D eigenvalue weighted by atomic mass is 10.2. The maximum atomic E-state index is 12.0. The molecular formula is C19H19N3O5S. The summed E-state index contributed by atoms with van der Waals surface area (Å²) in [6.45, 7) is 3.26. The molecule has 0 saturated carbocycles. The van der Waals surface area contributed by atoms with Crippen LogP contribution in [0.4, 0.5) is 6.01 Å². The van der Waals surface area contributed by atoms with E-state index in [-0.39, 0.29) is 29.2 Å². The first-order chi connectivity index (χ1) is 13.4. The molecule has 0 aliphatic rings. The number of aryl methyl sites for hydroxylation is 1. The molecule has 0 fully saturated rings. The summed E-state index contributed by atoms with van der Waals surface area (Å²) < 4.78 is 34.6. The number of anilines is 1. The average molecular weight is 401 g/mol. The quantitative estimate of drug-likeness (QED) is 0.648. The summed E-state index contributed by atoms with van der Waals surface area (Å²) in [4.78, 5) is 12.2. The van der Waals surface area contributed by atoms with Crippen LogP contribution in [-0.4, -0.2) is 36.9 Å². The van der Waals surface area contributed by atoms with Crippen LogP contribution in [0.25, 0.3) is 11.5 Å². The normalized spacial score (nSPS) is 11.2. The number of aromatic nitrogens is 2. The molecule has 0 saturated heterocycles. The van der Waals surface area contributed by atoms with E-state index in [4.69, 9.17) is 9.15 Å². The van der Waals surface area contributed by atoms with Gasteiger partial charge in [0, 0.05) is 5.56 Å². The molecule has 1 N–H and O–H groups in total. The molecule has 28 heavy (non-hydrogen) atoms. The molecule has 1 amide bonds. The van der Waals surface area contributed by atoms with Gasteiger partial charge in [-0.25, -0.2) is 8.42 Å². The fourth-order valence-corrected chi connectivity index (χ4v) is 3.26. The van der Waals surface area contributed by atoms with E-state index in [2.05, 4.69) is 15.5 Å². The van der Waals surface area contributed by atoms with Gasteiger partial charge in [-0.05, 0) is 42.8 Å². The van der Waals surface area contributed by atoms with E-state index in [1.165, 1.54) is 12.1 Å². The molecule has 9 heteroatoms. The number of amides is 1. The maximum absolute atomic E-state index is 12.0. The molecular weight excluding hydrogens is 382 g/mol. The minimum absolute atomic E-state index is 0.0215. The fraction of sp³-hybridized carbons (Fsp3) is 0.211. The Bertz CT molecular complexity index is 1070. The average Bonchev–Trinajstić information content (AvgIpc) is 3.16. The second-order valence-corrected chi connectivity index (χ2v) is 8.22. The SMILES string of the molecule is CCS(=O)(=O)c1ccc(-c2nnc(NC(=O)COc3ccccc3C)o2)cc1. The lowest BCUT2D eigenvalue weighted by Crippen LogP contribution is -2.20. The van der Waals surface area contributed by atoms with Crippen molar-refractivity contribution in [3.05, 3.63) is 54.1 Å². The predicted molar refractivity (Wildman–Crippen MR) is 103 cm³/mol. The number of sulfone groups is 1. The van der Waals surface area contributed by atoms with E-state index in [1.807, 2.05) is 25.1 Å². The van der Waals surface area contributed by atoms with Crippen LogP contribution in [0.2, 0.25) is 0 Å². The van der Waals surface area contributed by atoms with Crippen molar-refractivity contribution in [3.8, 4) is 17.2 Å². The predicted octanol–water partition coefficient (Wildman–Crippen LogP) is 2.86. The standard InChI is InChI=1S/C19H19N3O5S/c1-3-28(24,25)15-10-8-14(9-11-15)18-21-22-19(27-18)20-17(23)12-26-16-7-5-4-6-13(16)2/h4-11H,3,12H2,1-2H3,(H,20,22,23). The summed E-state index contributed by atoms with van der Waals surface area (Å²) in [5, 5.41) is 10.1. The van der Waals surface area contributed by atoms with Crippen LogP contribution in [0.15, 0.2) is 57.8 Å². The van der Waals surface area contributed by atoms with Gasteiger partial charge in [-0.15, -0.1) is 5.10 Å². The van der Waals surface area contributed by atoms with Gasteiger partial charge in [-0.2, -0.15) is 0 Å². The van der Waals surface area contributed by atoms with Gasteiger partial charge < -0.3 is 9.15 Å². The Morgan fingerprint density at radius 3 is 2.50 bits per heavy atom. The highest BCUT2D eigenvalue weighted by molar-refractivity contribution is 7.91. The zero-order chi connectivity index (χ0) is 20.1. The van der Waals surface area contributed by atoms with Crippen molar-refractivity contribution >= 4 is 21.8 Å². The van der Waals surface area contributed by atoms with Gasteiger partial charge in [0.1, 0.15) is 5.75 Å². The Kier molecular flexibility index (Phi) is 5.74. The third-order valence-electron chi connectivity index (χ3n) is 3.96. The van der Waals surface area contributed by atoms with Gasteiger partial charge in [-0.3, -0.25) is 10.1 Å². The number of carbonyl (C=O) groups excluding carboxylic acids is 1. The van der Waals surface area contributed by atoms with E-state index in [9.17, 15) is 13.2 Å². The van der Waals surface area contributed by atoms with Crippen LogP contribution in [0, 0.1) is 6.92 Å². The van der Waals surface area contributed by atoms with E-state index < -0.39 is 15.7 Å². The van der Waals surface area contributed by atoms with E-state index in [1.54, 1.807) is 25.1 Å². The second kappa shape index (κ2) is 8.22. The molecule has 0 unspecified atom stereocenters. The first-order valence-electron chi connectivity index (χ1n) is 8.54. The van der Waals surface area contributed by atoms with Crippen LogP contribution in [0.1, 0.15) is 12.5 Å². The third-order valence-corrected chi connectivity index (χ3v) is 5.71. The van der Waals surface area contributed by atoms with Gasteiger partial charge in [0.05, 0.1) is 10.6 Å². The molecule has 8 nitrogen and oxygen atoms in total. The van der Waals surface area contributed by atoms with E-state index in [0.717, 1.165) is 5.56 Å². The number of benzene rings is 2. The summed E-state index contributed by atoms with van der Waals surface area (Å²) in [6.07, 6.45) is 0. The minimum Gasteiger partial charge on any atom is -0.483 e. The van der Waals surface area contributed by atoms with Gasteiger partial charge in [-0.1, -0.05) is 30.2 Å². The molecule has 0 spiro atoms. The van der Waals surface area contributed by atoms with Gasteiger partial charge in [0.15, 0.2) is 16.4 Å². The molecule has 0 atom stereocenters. The Morgan fingerprint density at radius 1 is 1.11 bits per heavy atom. The zero-order valence-corrected chi connectivity index (χ0v) is 16.2. The Hall–Kier alpha value is -3.20. The molecule has 1 heterocycles. The molecule has 0 radical (unpaired) electrons. The third kappa shape index (κ3) is 4.55. The first kappa shape index (κ1) is 19.6. The number of nitrogens with one attached hydrogen (secondary N) is 1. The Labute approximate surface area is 162 Å². The molecule has 0 aliphatic heterocycles. The molecule has 0 bridgehead atoms. The highest BCUT2D eigenvalue weighted by Gasteiger charge is 2.15. The highest BCUT2D eigenvalue weighted by atomic mass is 32.2. The van der Waals surface area contributed by atoms with Crippen molar-refractivity contribution in [1.82, 2.24) is 10.2 Å². The number of ether oxygens (including phenoxy) is 1. The summed E-state index contributed by atoms with van der Waals surface area (Å²) in [5.41, 5.74) is 1.46. The first-order valence-corrected chi connectivity index (χ1v) is 10.2. The molecule has 2 aromatic carbocycles. The highest BCUT2D eigenvalue weighted by Crippen LogP contribution is 2.22. The summed E-state index contributed by atoms with van der Waals surface area (Å²) >= 11 is 0. The molecule has 1 aromatic heterocycles. The van der Waals surface area contributed by atoms with Crippen molar-refractivity contribution in [2.75, 3.05) is 17.7 Å². The van der Waals surface area contributed by atoms with Crippen molar-refractivity contribution in [2.24, 2.45) is 0 Å². The number of hydrogen-bond donors (Lipinski definition) is 1. The number of nitrogens with zero attached hydrogens (tertiary/aromatic N) is 2. The lowest BCUT2D eigenvalue weighted by Gasteiger charge is -2.07. The Balaban J connectivity index is 1.62. The molecule has 146 valence electrons. The van der Waals surface area contributed by atoms with Crippen LogP contribution in [-0.2, 0) is 14.6 Å². The lowest BCUT2D eigenvalue weighted by molar-refractivity contribution is -0.118. The van der Waals surface area contributed by atoms with Crippen LogP contribution >= 0.6 is 0 Å². The summed E-state index contributed by atoms with van der Waals surface area (Å²) in [7, 11) is -3.28. The smallest absolute Gasteiger partial charge is 0.322 e. The van der Waals surface area contributed by atoms with E-state index in [0.29, 0.717) is 11.3 Å². The summed E-state index contributed by atoms with van der Waals surface area (Å²) in [6, 6.07) is 13.4. The maximum Gasteiger partial charge on any atom is 0.322 e. The minimum atomic E-state index is -3.28. The number of para-hydroxylation sites is 1. The number of carbonyl (C=O) groups is 1. The molecule has 0 aliphatic carbocycles. The van der Waals surface area contributed by atoms with Crippen molar-refractivity contribution < 1.29 is 22.4 Å². The van der Waals surface area contributed by atoms with Gasteiger partial charge >= 0.3 is 6.01 Å². The summed E-state index contributed by atoms with van der Waals surface area (Å²) in [5.74, 6) is 0.359. The Morgan fingerprint density at radius 2 is 1.82 bits per heavy atom. The van der Waals surface area contributed by atoms with Gasteiger partial charge in [0.25, 0.3) is 5.91 Å².